The lowest BCUT2D eigenvalue weighted by Gasteiger charge is -2.10. The van der Waals surface area contributed by atoms with Crippen molar-refractivity contribution in [3.05, 3.63) is 78.4 Å². The number of Topliss-reactive ketones (excluding diaryl/α,β-unsaturated/α-hetero) is 1. The van der Waals surface area contributed by atoms with Crippen molar-refractivity contribution in [1.29, 1.82) is 0 Å². The van der Waals surface area contributed by atoms with Gasteiger partial charge in [-0.15, -0.1) is 12.4 Å². The van der Waals surface area contributed by atoms with Gasteiger partial charge in [0.05, 0.1) is 12.4 Å². The molecule has 0 aliphatic rings. The van der Waals surface area contributed by atoms with Crippen LogP contribution in [-0.2, 0) is 17.6 Å². The molecule has 3 rings (SSSR count). The van der Waals surface area contributed by atoms with Crippen molar-refractivity contribution in [2.75, 3.05) is 0 Å². The molecular formula is C19H20ClN3O. The number of nitrogens with two attached hydrogens (primary N) is 1. The van der Waals surface area contributed by atoms with E-state index in [9.17, 15) is 4.79 Å². The van der Waals surface area contributed by atoms with Gasteiger partial charge in [0, 0.05) is 24.7 Å². The van der Waals surface area contributed by atoms with E-state index in [0.717, 1.165) is 16.8 Å². The summed E-state index contributed by atoms with van der Waals surface area (Å²) in [7, 11) is 0. The van der Waals surface area contributed by atoms with Crippen molar-refractivity contribution in [1.82, 2.24) is 9.97 Å². The Bertz CT molecular complexity index is 755. The maximum absolute atomic E-state index is 12.2. The summed E-state index contributed by atoms with van der Waals surface area (Å²) in [5.74, 6) is 0.0343. The molecule has 24 heavy (non-hydrogen) atoms. The SMILES string of the molecule is Cl.N[C@@H](Cc1cnc[nH]1)C(=O)Cc1ccc(-c2ccccc2)cc1. The standard InChI is InChI=1S/C19H19N3O.ClH/c20-18(11-17-12-21-13-22-17)19(23)10-14-6-8-16(9-7-14)15-4-2-1-3-5-15;/h1-9,12-13,18H,10-11,20H2,(H,21,22);1H/t18-;/m0./s1. The molecule has 3 aromatic rings. The van der Waals surface area contributed by atoms with Gasteiger partial charge < -0.3 is 10.7 Å². The van der Waals surface area contributed by atoms with E-state index >= 15 is 0 Å². The number of rotatable bonds is 6. The van der Waals surface area contributed by atoms with Gasteiger partial charge in [-0.3, -0.25) is 4.79 Å². The number of carbonyl (C=O) groups excluding carboxylic acids is 1. The van der Waals surface area contributed by atoms with Crippen LogP contribution >= 0.6 is 12.4 Å². The van der Waals surface area contributed by atoms with Crippen molar-refractivity contribution < 1.29 is 4.79 Å². The quantitative estimate of drug-likeness (QED) is 0.723. The van der Waals surface area contributed by atoms with Crippen LogP contribution in [0.15, 0.2) is 67.1 Å². The van der Waals surface area contributed by atoms with Crippen molar-refractivity contribution in [2.45, 2.75) is 18.9 Å². The van der Waals surface area contributed by atoms with Crippen molar-refractivity contribution in [3.8, 4) is 11.1 Å². The van der Waals surface area contributed by atoms with E-state index in [2.05, 4.69) is 22.1 Å². The van der Waals surface area contributed by atoms with Crippen LogP contribution in [0.3, 0.4) is 0 Å². The molecule has 0 aliphatic carbocycles. The fourth-order valence-corrected chi connectivity index (χ4v) is 2.53. The molecule has 1 aromatic heterocycles. The van der Waals surface area contributed by atoms with Gasteiger partial charge in [0.2, 0.25) is 0 Å². The Morgan fingerprint density at radius 3 is 2.33 bits per heavy atom. The monoisotopic (exact) mass is 341 g/mol. The zero-order valence-corrected chi connectivity index (χ0v) is 14.0. The van der Waals surface area contributed by atoms with Crippen LogP contribution in [0, 0.1) is 0 Å². The summed E-state index contributed by atoms with van der Waals surface area (Å²) in [5, 5.41) is 0. The van der Waals surface area contributed by atoms with Gasteiger partial charge >= 0.3 is 0 Å². The number of aromatic nitrogens is 2. The molecule has 0 radical (unpaired) electrons. The van der Waals surface area contributed by atoms with Crippen LogP contribution in [0.2, 0.25) is 0 Å². The van der Waals surface area contributed by atoms with Crippen LogP contribution in [0.25, 0.3) is 11.1 Å². The van der Waals surface area contributed by atoms with Gasteiger partial charge in [-0.2, -0.15) is 0 Å². The number of hydrogen-bond donors (Lipinski definition) is 2. The summed E-state index contributed by atoms with van der Waals surface area (Å²) < 4.78 is 0. The Hall–Kier alpha value is -2.43. The average molecular weight is 342 g/mol. The second-order valence-electron chi connectivity index (χ2n) is 5.59. The number of nitrogens with zero attached hydrogens (tertiary/aromatic N) is 1. The number of H-pyrrole nitrogens is 1. The first kappa shape index (κ1) is 17.9. The highest BCUT2D eigenvalue weighted by Gasteiger charge is 2.15. The van der Waals surface area contributed by atoms with Crippen LogP contribution in [0.1, 0.15) is 11.3 Å². The minimum atomic E-state index is -0.510. The Labute approximate surface area is 147 Å². The molecule has 0 amide bonds. The summed E-state index contributed by atoms with van der Waals surface area (Å²) in [6.45, 7) is 0. The lowest BCUT2D eigenvalue weighted by Crippen LogP contribution is -2.34. The summed E-state index contributed by atoms with van der Waals surface area (Å²) in [6, 6.07) is 17.7. The second-order valence-corrected chi connectivity index (χ2v) is 5.59. The maximum Gasteiger partial charge on any atom is 0.154 e. The number of aromatic amines is 1. The molecule has 4 nitrogen and oxygen atoms in total. The van der Waals surface area contributed by atoms with E-state index < -0.39 is 6.04 Å². The molecule has 0 saturated heterocycles. The topological polar surface area (TPSA) is 71.8 Å². The van der Waals surface area contributed by atoms with E-state index in [1.165, 1.54) is 5.56 Å². The highest BCUT2D eigenvalue weighted by Crippen LogP contribution is 2.19. The van der Waals surface area contributed by atoms with E-state index in [0.29, 0.717) is 12.8 Å². The van der Waals surface area contributed by atoms with Gasteiger partial charge in [-0.05, 0) is 16.7 Å². The minimum Gasteiger partial charge on any atom is -0.348 e. The smallest absolute Gasteiger partial charge is 0.154 e. The summed E-state index contributed by atoms with van der Waals surface area (Å²) in [4.78, 5) is 19.1. The molecular weight excluding hydrogens is 322 g/mol. The highest BCUT2D eigenvalue weighted by atomic mass is 35.5. The van der Waals surface area contributed by atoms with Crippen LogP contribution in [0.5, 0.6) is 0 Å². The molecule has 0 unspecified atom stereocenters. The molecule has 0 aliphatic heterocycles. The molecule has 0 fully saturated rings. The fourth-order valence-electron chi connectivity index (χ4n) is 2.53. The fraction of sp³-hybridized carbons (Fsp3) is 0.158. The van der Waals surface area contributed by atoms with Gasteiger partial charge in [0.15, 0.2) is 5.78 Å². The van der Waals surface area contributed by atoms with Crippen LogP contribution < -0.4 is 5.73 Å². The third kappa shape index (κ3) is 4.54. The molecule has 3 N–H and O–H groups in total. The zero-order valence-electron chi connectivity index (χ0n) is 13.2. The second kappa shape index (κ2) is 8.43. The predicted molar refractivity (Wildman–Crippen MR) is 98.1 cm³/mol. The Morgan fingerprint density at radius 1 is 1.04 bits per heavy atom. The van der Waals surface area contributed by atoms with Gasteiger partial charge in [-0.1, -0.05) is 54.6 Å². The molecule has 1 atom stereocenters. The predicted octanol–water partition coefficient (Wildman–Crippen LogP) is 3.18. The third-order valence-corrected chi connectivity index (χ3v) is 3.85. The van der Waals surface area contributed by atoms with Crippen LogP contribution in [0.4, 0.5) is 0 Å². The molecule has 0 saturated carbocycles. The number of benzene rings is 2. The first-order valence-electron chi connectivity index (χ1n) is 7.62. The Kier molecular flexibility index (Phi) is 6.29. The largest absolute Gasteiger partial charge is 0.348 e. The van der Waals surface area contributed by atoms with E-state index in [4.69, 9.17) is 5.73 Å². The number of nitrogens with one attached hydrogen (secondary N) is 1. The lowest BCUT2D eigenvalue weighted by atomic mass is 9.98. The van der Waals surface area contributed by atoms with Gasteiger partial charge in [0.25, 0.3) is 0 Å². The molecule has 2 aromatic carbocycles. The number of ketones is 1. The Balaban J connectivity index is 0.00000208. The molecule has 1 heterocycles. The molecule has 124 valence electrons. The highest BCUT2D eigenvalue weighted by molar-refractivity contribution is 5.86. The van der Waals surface area contributed by atoms with Gasteiger partial charge in [0.1, 0.15) is 0 Å². The number of carbonyl (C=O) groups is 1. The number of halogens is 1. The Morgan fingerprint density at radius 2 is 1.71 bits per heavy atom. The third-order valence-electron chi connectivity index (χ3n) is 3.85. The average Bonchev–Trinajstić information content (AvgIpc) is 3.09. The van der Waals surface area contributed by atoms with E-state index in [1.807, 2.05) is 42.5 Å². The molecule has 5 heteroatoms. The maximum atomic E-state index is 12.2. The normalized spacial score (nSPS) is 11.5. The van der Waals surface area contributed by atoms with Gasteiger partial charge in [-0.25, -0.2) is 4.98 Å². The summed E-state index contributed by atoms with van der Waals surface area (Å²) in [5.41, 5.74) is 10.2. The van der Waals surface area contributed by atoms with Crippen LogP contribution in [-0.4, -0.2) is 21.8 Å². The van der Waals surface area contributed by atoms with Crippen molar-refractivity contribution in [2.24, 2.45) is 5.73 Å². The summed E-state index contributed by atoms with van der Waals surface area (Å²) >= 11 is 0. The van der Waals surface area contributed by atoms with Crippen molar-refractivity contribution >= 4 is 18.2 Å². The zero-order chi connectivity index (χ0) is 16.1. The molecule has 0 spiro atoms. The van der Waals surface area contributed by atoms with E-state index in [1.54, 1.807) is 12.5 Å². The number of hydrogen-bond acceptors (Lipinski definition) is 3. The number of imidazole rings is 1. The van der Waals surface area contributed by atoms with E-state index in [-0.39, 0.29) is 18.2 Å². The lowest BCUT2D eigenvalue weighted by molar-refractivity contribution is -0.119. The summed E-state index contributed by atoms with van der Waals surface area (Å²) in [6.07, 6.45) is 4.13. The first-order valence-corrected chi connectivity index (χ1v) is 7.62. The van der Waals surface area contributed by atoms with Crippen molar-refractivity contribution in [3.63, 3.8) is 0 Å². The minimum absolute atomic E-state index is 0. The molecule has 0 bridgehead atoms. The first-order chi connectivity index (χ1) is 11.2.